The average molecular weight is 306 g/mol. The quantitative estimate of drug-likeness (QED) is 0.803. The molecule has 0 bridgehead atoms. The highest BCUT2D eigenvalue weighted by molar-refractivity contribution is 5.93. The van der Waals surface area contributed by atoms with Crippen LogP contribution < -0.4 is 15.0 Å². The first-order valence-electron chi connectivity index (χ1n) is 7.72. The molecule has 0 radical (unpaired) electrons. The SMILES string of the molecule is CCOc1ccccc1N(CCNC(=O)CC(C)C)C(C)=O. The zero-order valence-corrected chi connectivity index (χ0v) is 13.9. The van der Waals surface area contributed by atoms with Crippen molar-refractivity contribution in [1.29, 1.82) is 0 Å². The Balaban J connectivity index is 2.71. The molecule has 2 amide bonds. The number of hydrogen-bond donors (Lipinski definition) is 1. The van der Waals surface area contributed by atoms with E-state index in [1.807, 2.05) is 45.0 Å². The van der Waals surface area contributed by atoms with Gasteiger partial charge in [0.1, 0.15) is 5.75 Å². The lowest BCUT2D eigenvalue weighted by molar-refractivity contribution is -0.122. The predicted molar refractivity (Wildman–Crippen MR) is 88.1 cm³/mol. The molecule has 0 aliphatic heterocycles. The monoisotopic (exact) mass is 306 g/mol. The number of amides is 2. The molecule has 5 heteroatoms. The van der Waals surface area contributed by atoms with E-state index in [1.54, 1.807) is 4.90 Å². The van der Waals surface area contributed by atoms with Crippen molar-refractivity contribution < 1.29 is 14.3 Å². The maximum atomic E-state index is 11.9. The summed E-state index contributed by atoms with van der Waals surface area (Å²) in [5.74, 6) is 0.929. The van der Waals surface area contributed by atoms with Crippen LogP contribution in [0, 0.1) is 5.92 Å². The average Bonchev–Trinajstić information content (AvgIpc) is 2.44. The van der Waals surface area contributed by atoms with Gasteiger partial charge in [0.2, 0.25) is 11.8 Å². The minimum Gasteiger partial charge on any atom is -0.492 e. The van der Waals surface area contributed by atoms with Gasteiger partial charge in [-0.3, -0.25) is 9.59 Å². The highest BCUT2D eigenvalue weighted by Crippen LogP contribution is 2.27. The lowest BCUT2D eigenvalue weighted by Crippen LogP contribution is -2.38. The van der Waals surface area contributed by atoms with Gasteiger partial charge in [0, 0.05) is 26.4 Å². The van der Waals surface area contributed by atoms with Crippen molar-refractivity contribution in [2.24, 2.45) is 5.92 Å². The molecular weight excluding hydrogens is 280 g/mol. The Labute approximate surface area is 132 Å². The van der Waals surface area contributed by atoms with E-state index in [0.29, 0.717) is 37.8 Å². The highest BCUT2D eigenvalue weighted by atomic mass is 16.5. The number of hydrogen-bond acceptors (Lipinski definition) is 3. The van der Waals surface area contributed by atoms with Gasteiger partial charge in [-0.1, -0.05) is 26.0 Å². The first-order chi connectivity index (χ1) is 10.5. The summed E-state index contributed by atoms with van der Waals surface area (Å²) in [5, 5.41) is 2.85. The molecule has 1 aromatic carbocycles. The van der Waals surface area contributed by atoms with E-state index in [4.69, 9.17) is 4.74 Å². The zero-order valence-electron chi connectivity index (χ0n) is 13.9. The first-order valence-corrected chi connectivity index (χ1v) is 7.72. The second-order valence-electron chi connectivity index (χ2n) is 5.52. The molecule has 1 aromatic rings. The molecule has 0 unspecified atom stereocenters. The maximum Gasteiger partial charge on any atom is 0.224 e. The minimum atomic E-state index is -0.0785. The standard InChI is InChI=1S/C17H26N2O3/c1-5-22-16-9-7-6-8-15(16)19(14(4)20)11-10-18-17(21)12-13(2)3/h6-9,13H,5,10-12H2,1-4H3,(H,18,21). The number of anilines is 1. The van der Waals surface area contributed by atoms with E-state index in [9.17, 15) is 9.59 Å². The van der Waals surface area contributed by atoms with E-state index in [0.717, 1.165) is 5.69 Å². The van der Waals surface area contributed by atoms with Crippen LogP contribution in [-0.2, 0) is 9.59 Å². The van der Waals surface area contributed by atoms with Crippen molar-refractivity contribution in [1.82, 2.24) is 5.32 Å². The third-order valence-corrected chi connectivity index (χ3v) is 3.09. The fourth-order valence-corrected chi connectivity index (χ4v) is 2.16. The zero-order chi connectivity index (χ0) is 16.5. The highest BCUT2D eigenvalue weighted by Gasteiger charge is 2.16. The molecule has 0 aliphatic rings. The van der Waals surface area contributed by atoms with Crippen molar-refractivity contribution in [3.63, 3.8) is 0 Å². The topological polar surface area (TPSA) is 58.6 Å². The molecule has 122 valence electrons. The number of carbonyl (C=O) groups excluding carboxylic acids is 2. The number of benzene rings is 1. The molecule has 0 aromatic heterocycles. The number of para-hydroxylation sites is 2. The summed E-state index contributed by atoms with van der Waals surface area (Å²) in [7, 11) is 0. The second-order valence-corrected chi connectivity index (χ2v) is 5.52. The molecule has 0 saturated carbocycles. The summed E-state index contributed by atoms with van der Waals surface area (Å²) in [5.41, 5.74) is 0.731. The Hall–Kier alpha value is -2.04. The van der Waals surface area contributed by atoms with E-state index in [-0.39, 0.29) is 11.8 Å². The summed E-state index contributed by atoms with van der Waals surface area (Å²) in [6.07, 6.45) is 0.496. The smallest absolute Gasteiger partial charge is 0.224 e. The third-order valence-electron chi connectivity index (χ3n) is 3.09. The Morgan fingerprint density at radius 1 is 1.27 bits per heavy atom. The van der Waals surface area contributed by atoms with E-state index >= 15 is 0 Å². The Morgan fingerprint density at radius 2 is 1.95 bits per heavy atom. The van der Waals surface area contributed by atoms with Crippen molar-refractivity contribution in [2.45, 2.75) is 34.1 Å². The summed E-state index contributed by atoms with van der Waals surface area (Å²) >= 11 is 0. The normalized spacial score (nSPS) is 10.4. The van der Waals surface area contributed by atoms with Crippen molar-refractivity contribution in [3.8, 4) is 5.75 Å². The summed E-state index contributed by atoms with van der Waals surface area (Å²) in [6, 6.07) is 7.43. The van der Waals surface area contributed by atoms with Gasteiger partial charge in [-0.15, -0.1) is 0 Å². The van der Waals surface area contributed by atoms with Gasteiger partial charge in [0.25, 0.3) is 0 Å². The number of nitrogens with one attached hydrogen (secondary N) is 1. The van der Waals surface area contributed by atoms with Crippen LogP contribution in [-0.4, -0.2) is 31.5 Å². The molecule has 0 aliphatic carbocycles. The summed E-state index contributed by atoms with van der Waals surface area (Å²) in [4.78, 5) is 25.2. The molecule has 0 heterocycles. The van der Waals surface area contributed by atoms with Gasteiger partial charge in [-0.2, -0.15) is 0 Å². The molecule has 22 heavy (non-hydrogen) atoms. The fourth-order valence-electron chi connectivity index (χ4n) is 2.16. The van der Waals surface area contributed by atoms with Crippen LogP contribution in [0.5, 0.6) is 5.75 Å². The molecule has 0 spiro atoms. The number of carbonyl (C=O) groups is 2. The summed E-state index contributed by atoms with van der Waals surface area (Å²) < 4.78 is 5.57. The van der Waals surface area contributed by atoms with Gasteiger partial charge in [0.15, 0.2) is 0 Å². The van der Waals surface area contributed by atoms with Crippen LogP contribution in [0.4, 0.5) is 5.69 Å². The van der Waals surface area contributed by atoms with Crippen molar-refractivity contribution in [2.75, 3.05) is 24.6 Å². The lowest BCUT2D eigenvalue weighted by atomic mass is 10.1. The van der Waals surface area contributed by atoms with E-state index < -0.39 is 0 Å². The number of nitrogens with zero attached hydrogens (tertiary/aromatic N) is 1. The predicted octanol–water partition coefficient (Wildman–Crippen LogP) is 2.60. The van der Waals surface area contributed by atoms with Crippen molar-refractivity contribution in [3.05, 3.63) is 24.3 Å². The van der Waals surface area contributed by atoms with E-state index in [2.05, 4.69) is 5.32 Å². The fraction of sp³-hybridized carbons (Fsp3) is 0.529. The van der Waals surface area contributed by atoms with Crippen LogP contribution >= 0.6 is 0 Å². The van der Waals surface area contributed by atoms with Crippen molar-refractivity contribution >= 4 is 17.5 Å². The van der Waals surface area contributed by atoms with Crippen LogP contribution in [0.3, 0.4) is 0 Å². The van der Waals surface area contributed by atoms with Gasteiger partial charge >= 0.3 is 0 Å². The molecule has 1 rings (SSSR count). The first kappa shape index (κ1) is 18.0. The van der Waals surface area contributed by atoms with Gasteiger partial charge in [-0.25, -0.2) is 0 Å². The lowest BCUT2D eigenvalue weighted by Gasteiger charge is -2.24. The minimum absolute atomic E-state index is 0.0107. The molecule has 0 fully saturated rings. The second kappa shape index (κ2) is 9.07. The van der Waals surface area contributed by atoms with E-state index in [1.165, 1.54) is 6.92 Å². The molecule has 1 N–H and O–H groups in total. The van der Waals surface area contributed by atoms with Gasteiger partial charge in [-0.05, 0) is 25.0 Å². The van der Waals surface area contributed by atoms with Gasteiger partial charge in [0.05, 0.1) is 12.3 Å². The summed E-state index contributed by atoms with van der Waals surface area (Å²) in [6.45, 7) is 8.79. The molecule has 5 nitrogen and oxygen atoms in total. The molecular formula is C17H26N2O3. The van der Waals surface area contributed by atoms with Crippen LogP contribution in [0.15, 0.2) is 24.3 Å². The van der Waals surface area contributed by atoms with Crippen LogP contribution in [0.25, 0.3) is 0 Å². The Kier molecular flexibility index (Phi) is 7.43. The third kappa shape index (κ3) is 5.76. The molecule has 0 saturated heterocycles. The number of ether oxygens (including phenoxy) is 1. The molecule has 0 atom stereocenters. The largest absolute Gasteiger partial charge is 0.492 e. The Morgan fingerprint density at radius 3 is 2.55 bits per heavy atom. The maximum absolute atomic E-state index is 11.9. The van der Waals surface area contributed by atoms with Gasteiger partial charge < -0.3 is 15.0 Å². The number of rotatable bonds is 8. The van der Waals surface area contributed by atoms with Crippen LogP contribution in [0.1, 0.15) is 34.1 Å². The Bertz CT molecular complexity index is 500. The van der Waals surface area contributed by atoms with Crippen LogP contribution in [0.2, 0.25) is 0 Å².